The molecule has 0 spiro atoms. The number of hydrogen-bond donors (Lipinski definition) is 6. The maximum Gasteiger partial charge on any atom is 0.326 e. The van der Waals surface area contributed by atoms with Crippen molar-refractivity contribution < 1.29 is 24.3 Å². The number of nitrogens with two attached hydrogens (primary N) is 1. The Balaban J connectivity index is 1.62. The lowest BCUT2D eigenvalue weighted by molar-refractivity contribution is -0.141. The molecule has 178 valence electrons. The smallest absolute Gasteiger partial charge is 0.326 e. The average Bonchev–Trinajstić information content (AvgIpc) is 3.25. The summed E-state index contributed by atoms with van der Waals surface area (Å²) in [5.41, 5.74) is 7.84. The number of rotatable bonds is 11. The van der Waals surface area contributed by atoms with E-state index in [-0.39, 0.29) is 19.4 Å². The Hall–Kier alpha value is -4.18. The number of H-pyrrole nitrogens is 1. The minimum absolute atomic E-state index is 0.103. The molecule has 2 atom stereocenters. The second kappa shape index (κ2) is 11.6. The number of aromatic nitrogens is 1. The lowest BCUT2D eigenvalue weighted by Gasteiger charge is -2.19. The van der Waals surface area contributed by atoms with Crippen molar-refractivity contribution in [2.45, 2.75) is 24.9 Å². The summed E-state index contributed by atoms with van der Waals surface area (Å²) in [6.07, 6.45) is 2.04. The normalized spacial score (nSPS) is 12.5. The summed E-state index contributed by atoms with van der Waals surface area (Å²) in [6, 6.07) is 14.3. The Kier molecular flexibility index (Phi) is 8.36. The highest BCUT2D eigenvalue weighted by atomic mass is 16.4. The third-order valence-corrected chi connectivity index (χ3v) is 5.28. The van der Waals surface area contributed by atoms with Crippen LogP contribution in [0.4, 0.5) is 0 Å². The highest BCUT2D eigenvalue weighted by molar-refractivity contribution is 5.93. The highest BCUT2D eigenvalue weighted by Gasteiger charge is 2.24. The van der Waals surface area contributed by atoms with Gasteiger partial charge in [-0.05, 0) is 17.2 Å². The molecule has 0 bridgehead atoms. The Labute approximate surface area is 195 Å². The van der Waals surface area contributed by atoms with Crippen LogP contribution in [0.15, 0.2) is 60.8 Å². The van der Waals surface area contributed by atoms with E-state index in [0.29, 0.717) is 0 Å². The van der Waals surface area contributed by atoms with Gasteiger partial charge in [-0.25, -0.2) is 4.79 Å². The average molecular weight is 466 g/mol. The van der Waals surface area contributed by atoms with E-state index in [0.717, 1.165) is 22.0 Å². The minimum atomic E-state index is -1.18. The molecule has 7 N–H and O–H groups in total. The molecule has 2 aromatic carbocycles. The molecule has 1 heterocycles. The van der Waals surface area contributed by atoms with Crippen molar-refractivity contribution >= 4 is 34.6 Å². The first kappa shape index (κ1) is 24.5. The molecule has 3 amide bonds. The van der Waals surface area contributed by atoms with Crippen molar-refractivity contribution in [1.29, 1.82) is 0 Å². The molecule has 0 saturated heterocycles. The molecule has 0 aliphatic rings. The van der Waals surface area contributed by atoms with E-state index < -0.39 is 42.3 Å². The number of hydrogen-bond acceptors (Lipinski definition) is 5. The van der Waals surface area contributed by atoms with Gasteiger partial charge in [0.1, 0.15) is 12.1 Å². The van der Waals surface area contributed by atoms with Gasteiger partial charge in [0, 0.05) is 29.9 Å². The van der Waals surface area contributed by atoms with Gasteiger partial charge in [-0.2, -0.15) is 0 Å². The fraction of sp³-hybridized carbons (Fsp3) is 0.250. The maximum atomic E-state index is 12.8. The number of aliphatic carboxylic acids is 1. The first-order valence-electron chi connectivity index (χ1n) is 10.8. The summed E-state index contributed by atoms with van der Waals surface area (Å²) < 4.78 is 0. The summed E-state index contributed by atoms with van der Waals surface area (Å²) in [5, 5.41) is 17.8. The zero-order valence-electron chi connectivity index (χ0n) is 18.4. The van der Waals surface area contributed by atoms with E-state index in [2.05, 4.69) is 20.9 Å². The van der Waals surface area contributed by atoms with Crippen LogP contribution in [0.1, 0.15) is 11.1 Å². The lowest BCUT2D eigenvalue weighted by atomic mass is 10.0. The van der Waals surface area contributed by atoms with Gasteiger partial charge in [0.15, 0.2) is 0 Å². The SMILES string of the molecule is NCC(=O)NC(Cc1c[nH]c2ccccc12)C(=O)NCC(=O)NC(Cc1ccccc1)C(=O)O. The Bertz CT molecular complexity index is 1160. The van der Waals surface area contributed by atoms with Crippen molar-refractivity contribution in [2.24, 2.45) is 5.73 Å². The number of carboxylic acids is 1. The van der Waals surface area contributed by atoms with E-state index >= 15 is 0 Å². The minimum Gasteiger partial charge on any atom is -0.480 e. The number of carboxylic acid groups (broad SMARTS) is 1. The van der Waals surface area contributed by atoms with Crippen LogP contribution < -0.4 is 21.7 Å². The van der Waals surface area contributed by atoms with Gasteiger partial charge in [0.2, 0.25) is 17.7 Å². The van der Waals surface area contributed by atoms with Crippen LogP contribution in [0.3, 0.4) is 0 Å². The van der Waals surface area contributed by atoms with Gasteiger partial charge in [-0.15, -0.1) is 0 Å². The zero-order chi connectivity index (χ0) is 24.5. The number of para-hydroxylation sites is 1. The van der Waals surface area contributed by atoms with Crippen molar-refractivity contribution in [3.05, 3.63) is 71.9 Å². The Morgan fingerprint density at radius 3 is 2.26 bits per heavy atom. The van der Waals surface area contributed by atoms with E-state index in [1.54, 1.807) is 30.5 Å². The summed E-state index contributed by atoms with van der Waals surface area (Å²) in [7, 11) is 0. The quantitative estimate of drug-likeness (QED) is 0.235. The van der Waals surface area contributed by atoms with Gasteiger partial charge >= 0.3 is 5.97 Å². The highest BCUT2D eigenvalue weighted by Crippen LogP contribution is 2.19. The zero-order valence-corrected chi connectivity index (χ0v) is 18.4. The molecule has 3 aromatic rings. The third-order valence-electron chi connectivity index (χ3n) is 5.28. The summed E-state index contributed by atoms with van der Waals surface area (Å²) in [5.74, 6) is -2.95. The number of carbonyl (C=O) groups excluding carboxylic acids is 3. The van der Waals surface area contributed by atoms with Crippen LogP contribution in [-0.2, 0) is 32.0 Å². The van der Waals surface area contributed by atoms with E-state index in [4.69, 9.17) is 5.73 Å². The molecule has 0 fully saturated rings. The molecule has 10 heteroatoms. The van der Waals surface area contributed by atoms with Crippen molar-refractivity contribution in [3.8, 4) is 0 Å². The number of aromatic amines is 1. The summed E-state index contributed by atoms with van der Waals surface area (Å²) in [4.78, 5) is 51.7. The third kappa shape index (κ3) is 6.66. The number of benzene rings is 2. The van der Waals surface area contributed by atoms with E-state index in [1.807, 2.05) is 30.3 Å². The van der Waals surface area contributed by atoms with Crippen LogP contribution in [0.2, 0.25) is 0 Å². The van der Waals surface area contributed by atoms with E-state index in [1.165, 1.54) is 0 Å². The van der Waals surface area contributed by atoms with Crippen LogP contribution >= 0.6 is 0 Å². The van der Waals surface area contributed by atoms with Gasteiger partial charge < -0.3 is 31.8 Å². The lowest BCUT2D eigenvalue weighted by Crippen LogP contribution is -2.52. The number of carbonyl (C=O) groups is 4. The Morgan fingerprint density at radius 2 is 1.56 bits per heavy atom. The van der Waals surface area contributed by atoms with Gasteiger partial charge in [0.05, 0.1) is 13.1 Å². The summed E-state index contributed by atoms with van der Waals surface area (Å²) in [6.45, 7) is -0.738. The monoisotopic (exact) mass is 465 g/mol. The largest absolute Gasteiger partial charge is 0.480 e. The second-order valence-corrected chi connectivity index (χ2v) is 7.75. The van der Waals surface area contributed by atoms with Gasteiger partial charge in [-0.3, -0.25) is 14.4 Å². The van der Waals surface area contributed by atoms with Crippen LogP contribution in [-0.4, -0.2) is 59.0 Å². The van der Waals surface area contributed by atoms with E-state index in [9.17, 15) is 24.3 Å². The molecule has 1 aromatic heterocycles. The van der Waals surface area contributed by atoms with Crippen LogP contribution in [0.5, 0.6) is 0 Å². The molecular formula is C24H27N5O5. The molecule has 10 nitrogen and oxygen atoms in total. The fourth-order valence-corrected chi connectivity index (χ4v) is 3.57. The van der Waals surface area contributed by atoms with Crippen LogP contribution in [0.25, 0.3) is 10.9 Å². The van der Waals surface area contributed by atoms with Crippen molar-refractivity contribution in [3.63, 3.8) is 0 Å². The number of nitrogens with one attached hydrogen (secondary N) is 4. The van der Waals surface area contributed by atoms with Gasteiger partial charge in [0.25, 0.3) is 0 Å². The first-order valence-corrected chi connectivity index (χ1v) is 10.8. The molecule has 2 unspecified atom stereocenters. The van der Waals surface area contributed by atoms with Gasteiger partial charge in [-0.1, -0.05) is 48.5 Å². The standard InChI is InChI=1S/C24H27N5O5/c25-12-21(30)28-19(11-16-13-26-18-9-5-4-8-17(16)18)23(32)27-14-22(31)29-20(24(33)34)10-15-6-2-1-3-7-15/h1-9,13,19-20,26H,10-12,14,25H2,(H,27,32)(H,28,30)(H,29,31)(H,33,34). The van der Waals surface area contributed by atoms with Crippen molar-refractivity contribution in [2.75, 3.05) is 13.1 Å². The topological polar surface area (TPSA) is 166 Å². The molecule has 0 radical (unpaired) electrons. The summed E-state index contributed by atoms with van der Waals surface area (Å²) >= 11 is 0. The van der Waals surface area contributed by atoms with Crippen LogP contribution in [0, 0.1) is 0 Å². The molecule has 0 saturated carbocycles. The molecule has 3 rings (SSSR count). The predicted octanol–water partition coefficient (Wildman–Crippen LogP) is 0.0822. The molecule has 0 aliphatic heterocycles. The maximum absolute atomic E-state index is 12.8. The fourth-order valence-electron chi connectivity index (χ4n) is 3.57. The predicted molar refractivity (Wildman–Crippen MR) is 126 cm³/mol. The number of fused-ring (bicyclic) bond motifs is 1. The Morgan fingerprint density at radius 1 is 0.882 bits per heavy atom. The van der Waals surface area contributed by atoms with Crippen molar-refractivity contribution in [1.82, 2.24) is 20.9 Å². The second-order valence-electron chi connectivity index (χ2n) is 7.75. The first-order chi connectivity index (χ1) is 16.4. The molecular weight excluding hydrogens is 438 g/mol. The molecule has 34 heavy (non-hydrogen) atoms. The number of amides is 3. The molecule has 0 aliphatic carbocycles.